The molecule has 1 nitrogen and oxygen atoms in total. The van der Waals surface area contributed by atoms with Crippen molar-refractivity contribution >= 4 is 11.3 Å². The molecule has 0 fully saturated rings. The van der Waals surface area contributed by atoms with Gasteiger partial charge in [-0.2, -0.15) is 0 Å². The summed E-state index contributed by atoms with van der Waals surface area (Å²) in [5, 5.41) is 0. The van der Waals surface area contributed by atoms with Crippen LogP contribution < -0.4 is 5.73 Å². The maximum atomic E-state index is 6.17. The van der Waals surface area contributed by atoms with Gasteiger partial charge >= 0.3 is 0 Å². The fourth-order valence-corrected chi connectivity index (χ4v) is 2.64. The molecule has 1 atom stereocenters. The Morgan fingerprint density at radius 3 is 2.36 bits per heavy atom. The lowest BCUT2D eigenvalue weighted by Crippen LogP contribution is -2.13. The van der Waals surface area contributed by atoms with Crippen molar-refractivity contribution in [2.24, 2.45) is 11.7 Å². The van der Waals surface area contributed by atoms with Crippen LogP contribution in [0, 0.1) is 12.8 Å². The van der Waals surface area contributed by atoms with Gasteiger partial charge in [0.1, 0.15) is 0 Å². The molecule has 14 heavy (non-hydrogen) atoms. The monoisotopic (exact) mass is 211 g/mol. The molecule has 2 N–H and O–H groups in total. The van der Waals surface area contributed by atoms with Gasteiger partial charge in [-0.3, -0.25) is 0 Å². The van der Waals surface area contributed by atoms with E-state index in [1.54, 1.807) is 0 Å². The predicted molar refractivity (Wildman–Crippen MR) is 64.7 cm³/mol. The van der Waals surface area contributed by atoms with Crippen molar-refractivity contribution in [1.82, 2.24) is 0 Å². The van der Waals surface area contributed by atoms with E-state index in [2.05, 4.69) is 32.9 Å². The number of hydrogen-bond acceptors (Lipinski definition) is 2. The second kappa shape index (κ2) is 5.52. The van der Waals surface area contributed by atoms with E-state index in [1.807, 2.05) is 11.3 Å². The fourth-order valence-electron chi connectivity index (χ4n) is 1.75. The second-order valence-corrected chi connectivity index (χ2v) is 5.29. The molecule has 0 amide bonds. The van der Waals surface area contributed by atoms with Gasteiger partial charge in [-0.1, -0.05) is 26.7 Å². The minimum atomic E-state index is 0.249. The summed E-state index contributed by atoms with van der Waals surface area (Å²) in [6.45, 7) is 6.64. The molecule has 1 aromatic heterocycles. The van der Waals surface area contributed by atoms with Gasteiger partial charge in [-0.25, -0.2) is 0 Å². The Morgan fingerprint density at radius 1 is 1.29 bits per heavy atom. The Morgan fingerprint density at radius 2 is 1.93 bits per heavy atom. The van der Waals surface area contributed by atoms with Crippen LogP contribution in [0.5, 0.6) is 0 Å². The van der Waals surface area contributed by atoms with Crippen LogP contribution in [0.4, 0.5) is 0 Å². The third kappa shape index (κ3) is 3.10. The van der Waals surface area contributed by atoms with Crippen molar-refractivity contribution in [3.8, 4) is 0 Å². The van der Waals surface area contributed by atoms with Gasteiger partial charge in [0, 0.05) is 15.8 Å². The van der Waals surface area contributed by atoms with E-state index >= 15 is 0 Å². The Labute approximate surface area is 91.3 Å². The average molecular weight is 211 g/mol. The molecular formula is C12H21NS. The van der Waals surface area contributed by atoms with Crippen LogP contribution in [0.3, 0.4) is 0 Å². The lowest BCUT2D eigenvalue weighted by Gasteiger charge is -2.16. The van der Waals surface area contributed by atoms with Gasteiger partial charge in [-0.05, 0) is 31.4 Å². The maximum absolute atomic E-state index is 6.17. The molecule has 1 heterocycles. The first-order valence-electron chi connectivity index (χ1n) is 5.49. The summed E-state index contributed by atoms with van der Waals surface area (Å²) >= 11 is 1.83. The van der Waals surface area contributed by atoms with Crippen molar-refractivity contribution in [2.45, 2.75) is 46.1 Å². The molecular weight excluding hydrogens is 190 g/mol. The number of thiophene rings is 1. The summed E-state index contributed by atoms with van der Waals surface area (Å²) in [6.07, 6.45) is 3.62. The highest BCUT2D eigenvalue weighted by molar-refractivity contribution is 7.12. The van der Waals surface area contributed by atoms with Crippen LogP contribution in [0.1, 0.15) is 48.9 Å². The second-order valence-electron chi connectivity index (χ2n) is 3.97. The molecule has 0 aliphatic heterocycles. The third-order valence-electron chi connectivity index (χ3n) is 2.87. The quantitative estimate of drug-likeness (QED) is 0.786. The molecule has 0 bridgehead atoms. The number of aryl methyl sites for hydroxylation is 1. The first-order chi connectivity index (χ1) is 6.67. The summed E-state index contributed by atoms with van der Waals surface area (Å²) in [5.74, 6) is 0.785. The normalized spacial score (nSPS) is 13.5. The molecule has 80 valence electrons. The first kappa shape index (κ1) is 11.7. The number of hydrogen-bond donors (Lipinski definition) is 1. The van der Waals surface area contributed by atoms with Crippen molar-refractivity contribution < 1.29 is 0 Å². The number of nitrogens with two attached hydrogens (primary N) is 1. The van der Waals surface area contributed by atoms with Crippen molar-refractivity contribution in [3.63, 3.8) is 0 Å². The predicted octanol–water partition coefficient (Wildman–Crippen LogP) is 3.88. The van der Waals surface area contributed by atoms with Gasteiger partial charge in [0.2, 0.25) is 0 Å². The van der Waals surface area contributed by atoms with Crippen LogP contribution in [0.15, 0.2) is 12.1 Å². The maximum Gasteiger partial charge on any atom is 0.0392 e. The minimum absolute atomic E-state index is 0.249. The molecule has 1 rings (SSSR count). The van der Waals surface area contributed by atoms with Gasteiger partial charge in [0.25, 0.3) is 0 Å². The molecule has 0 aliphatic rings. The highest BCUT2D eigenvalue weighted by Gasteiger charge is 2.13. The highest BCUT2D eigenvalue weighted by Crippen LogP contribution is 2.27. The fraction of sp³-hybridized carbons (Fsp3) is 0.667. The standard InChI is InChI=1S/C12H21NS/c1-4-10(5-2)8-11(13)12-7-6-9(3)14-12/h6-7,10-11H,4-5,8,13H2,1-3H3. The summed E-state index contributed by atoms with van der Waals surface area (Å²) < 4.78 is 0. The Hall–Kier alpha value is -0.340. The Bertz CT molecular complexity index is 263. The van der Waals surface area contributed by atoms with Crippen LogP contribution in [0.2, 0.25) is 0 Å². The minimum Gasteiger partial charge on any atom is -0.323 e. The van der Waals surface area contributed by atoms with E-state index < -0.39 is 0 Å². The van der Waals surface area contributed by atoms with E-state index in [9.17, 15) is 0 Å². The molecule has 2 heteroatoms. The van der Waals surface area contributed by atoms with E-state index in [1.165, 1.54) is 22.6 Å². The van der Waals surface area contributed by atoms with Crippen molar-refractivity contribution in [2.75, 3.05) is 0 Å². The zero-order chi connectivity index (χ0) is 10.6. The van der Waals surface area contributed by atoms with Crippen molar-refractivity contribution in [3.05, 3.63) is 21.9 Å². The van der Waals surface area contributed by atoms with Crippen LogP contribution in [0.25, 0.3) is 0 Å². The highest BCUT2D eigenvalue weighted by atomic mass is 32.1. The smallest absolute Gasteiger partial charge is 0.0392 e. The Kier molecular flexibility index (Phi) is 4.63. The van der Waals surface area contributed by atoms with Crippen molar-refractivity contribution in [1.29, 1.82) is 0 Å². The third-order valence-corrected chi connectivity index (χ3v) is 4.00. The molecule has 0 radical (unpaired) electrons. The molecule has 0 aliphatic carbocycles. The van der Waals surface area contributed by atoms with Gasteiger partial charge < -0.3 is 5.73 Å². The molecule has 0 saturated heterocycles. The summed E-state index contributed by atoms with van der Waals surface area (Å²) in [6, 6.07) is 4.58. The molecule has 0 aromatic carbocycles. The summed E-state index contributed by atoms with van der Waals surface area (Å²) in [4.78, 5) is 2.70. The topological polar surface area (TPSA) is 26.0 Å². The first-order valence-corrected chi connectivity index (χ1v) is 6.30. The molecule has 1 aromatic rings. The zero-order valence-corrected chi connectivity index (χ0v) is 10.2. The van der Waals surface area contributed by atoms with Crippen LogP contribution in [-0.4, -0.2) is 0 Å². The average Bonchev–Trinajstić information content (AvgIpc) is 2.61. The van der Waals surface area contributed by atoms with Gasteiger partial charge in [-0.15, -0.1) is 11.3 Å². The molecule has 0 spiro atoms. The zero-order valence-electron chi connectivity index (χ0n) is 9.42. The summed E-state index contributed by atoms with van der Waals surface area (Å²) in [7, 11) is 0. The lowest BCUT2D eigenvalue weighted by molar-refractivity contribution is 0.417. The van der Waals surface area contributed by atoms with Crippen LogP contribution in [-0.2, 0) is 0 Å². The van der Waals surface area contributed by atoms with Gasteiger partial charge in [0.05, 0.1) is 0 Å². The lowest BCUT2D eigenvalue weighted by atomic mass is 9.94. The van der Waals surface area contributed by atoms with E-state index in [0.717, 1.165) is 12.3 Å². The van der Waals surface area contributed by atoms with E-state index in [4.69, 9.17) is 5.73 Å². The largest absolute Gasteiger partial charge is 0.323 e. The SMILES string of the molecule is CCC(CC)CC(N)c1ccc(C)s1. The van der Waals surface area contributed by atoms with Gasteiger partial charge in [0.15, 0.2) is 0 Å². The summed E-state index contributed by atoms with van der Waals surface area (Å²) in [5.41, 5.74) is 6.17. The van der Waals surface area contributed by atoms with E-state index in [0.29, 0.717) is 0 Å². The Balaban J connectivity index is 2.53. The number of rotatable bonds is 5. The molecule has 1 unspecified atom stereocenters. The van der Waals surface area contributed by atoms with E-state index in [-0.39, 0.29) is 6.04 Å². The molecule has 0 saturated carbocycles. The van der Waals surface area contributed by atoms with Crippen LogP contribution >= 0.6 is 11.3 Å².